The second-order valence-electron chi connectivity index (χ2n) is 3.72. The van der Waals surface area contributed by atoms with Crippen molar-refractivity contribution in [1.29, 1.82) is 0 Å². The molecule has 2 amide bonds. The number of benzene rings is 1. The highest BCUT2D eigenvalue weighted by Crippen LogP contribution is 2.18. The standard InChI is InChI=1S/C13H9N2O2.HI/c16-12-10-6-2-3-7-11(10)13(17)15(12)14-8-4-1-5-9-14;/h1-9H;1H/q+1;/p-1. The van der Waals surface area contributed by atoms with E-state index in [9.17, 15) is 9.59 Å². The van der Waals surface area contributed by atoms with E-state index in [0.29, 0.717) is 11.1 Å². The maximum absolute atomic E-state index is 12.1. The Morgan fingerprint density at radius 2 is 1.28 bits per heavy atom. The zero-order valence-electron chi connectivity index (χ0n) is 9.29. The van der Waals surface area contributed by atoms with Gasteiger partial charge in [0, 0.05) is 12.1 Å². The summed E-state index contributed by atoms with van der Waals surface area (Å²) < 4.78 is 1.49. The quantitative estimate of drug-likeness (QED) is 0.336. The van der Waals surface area contributed by atoms with Crippen molar-refractivity contribution in [2.45, 2.75) is 0 Å². The van der Waals surface area contributed by atoms with Crippen molar-refractivity contribution in [3.8, 4) is 0 Å². The Morgan fingerprint density at radius 3 is 1.78 bits per heavy atom. The van der Waals surface area contributed by atoms with Gasteiger partial charge >= 0.3 is 11.8 Å². The molecular formula is C13H9IN2O2. The Kier molecular flexibility index (Phi) is 3.42. The summed E-state index contributed by atoms with van der Waals surface area (Å²) in [6.45, 7) is 0. The fourth-order valence-electron chi connectivity index (χ4n) is 1.91. The lowest BCUT2D eigenvalue weighted by atomic mass is 10.1. The fourth-order valence-corrected chi connectivity index (χ4v) is 1.91. The molecule has 18 heavy (non-hydrogen) atoms. The van der Waals surface area contributed by atoms with E-state index in [0.717, 1.165) is 5.01 Å². The van der Waals surface area contributed by atoms with Crippen LogP contribution in [0.3, 0.4) is 0 Å². The molecule has 0 bridgehead atoms. The smallest absolute Gasteiger partial charge is 0.319 e. The summed E-state index contributed by atoms with van der Waals surface area (Å²) in [5.74, 6) is -0.580. The third-order valence-corrected chi connectivity index (χ3v) is 2.70. The summed E-state index contributed by atoms with van der Waals surface area (Å²) in [6.07, 6.45) is 3.34. The Hall–Kier alpha value is -1.76. The normalized spacial score (nSPS) is 13.2. The molecule has 2 heterocycles. The predicted molar refractivity (Wildman–Crippen MR) is 60.0 cm³/mol. The molecule has 1 aromatic heterocycles. The molecule has 0 saturated heterocycles. The number of hydrogen-bond acceptors (Lipinski definition) is 2. The molecule has 90 valence electrons. The first kappa shape index (κ1) is 12.7. The molecule has 0 N–H and O–H groups in total. The number of amides is 2. The Morgan fingerprint density at radius 1 is 0.778 bits per heavy atom. The van der Waals surface area contributed by atoms with Gasteiger partial charge in [0.25, 0.3) is 0 Å². The molecule has 0 saturated carbocycles. The van der Waals surface area contributed by atoms with E-state index in [1.165, 1.54) is 4.68 Å². The molecule has 0 radical (unpaired) electrons. The van der Waals surface area contributed by atoms with Crippen LogP contribution in [-0.2, 0) is 0 Å². The van der Waals surface area contributed by atoms with Crippen LogP contribution < -0.4 is 33.7 Å². The van der Waals surface area contributed by atoms with Crippen molar-refractivity contribution in [2.75, 3.05) is 5.01 Å². The van der Waals surface area contributed by atoms with E-state index in [4.69, 9.17) is 0 Å². The van der Waals surface area contributed by atoms with Crippen LogP contribution in [0.25, 0.3) is 0 Å². The number of imide groups is 1. The van der Waals surface area contributed by atoms with Crippen molar-refractivity contribution in [3.63, 3.8) is 0 Å². The fraction of sp³-hybridized carbons (Fsp3) is 0. The molecule has 0 aliphatic carbocycles. The van der Waals surface area contributed by atoms with Crippen LogP contribution >= 0.6 is 0 Å². The molecule has 0 spiro atoms. The molecule has 1 aliphatic rings. The van der Waals surface area contributed by atoms with Crippen molar-refractivity contribution >= 4 is 11.8 Å². The van der Waals surface area contributed by atoms with Gasteiger partial charge in [0.1, 0.15) is 0 Å². The minimum atomic E-state index is -0.290. The Labute approximate surface area is 121 Å². The highest BCUT2D eigenvalue weighted by Gasteiger charge is 2.41. The van der Waals surface area contributed by atoms with E-state index >= 15 is 0 Å². The van der Waals surface area contributed by atoms with E-state index in [1.807, 2.05) is 6.07 Å². The number of aromatic nitrogens is 1. The number of pyridine rings is 1. The number of halogens is 1. The third kappa shape index (κ3) is 1.80. The first-order chi connectivity index (χ1) is 8.29. The summed E-state index contributed by atoms with van der Waals surface area (Å²) in [7, 11) is 0. The van der Waals surface area contributed by atoms with Gasteiger partial charge in [-0.3, -0.25) is 9.59 Å². The SMILES string of the molecule is O=C1c2ccccc2C(=O)N1[n+]1ccccc1.[I-]. The van der Waals surface area contributed by atoms with Gasteiger partial charge in [-0.2, -0.15) is 0 Å². The van der Waals surface area contributed by atoms with Crippen LogP contribution in [0.2, 0.25) is 0 Å². The topological polar surface area (TPSA) is 41.3 Å². The number of carbonyl (C=O) groups excluding carboxylic acids is 2. The Balaban J connectivity index is 0.00000120. The van der Waals surface area contributed by atoms with Gasteiger partial charge in [-0.05, 0) is 17.1 Å². The second kappa shape index (κ2) is 4.85. The van der Waals surface area contributed by atoms with Crippen molar-refractivity contribution in [2.24, 2.45) is 0 Å². The van der Waals surface area contributed by atoms with Crippen molar-refractivity contribution in [3.05, 3.63) is 66.0 Å². The zero-order chi connectivity index (χ0) is 11.8. The minimum Gasteiger partial charge on any atom is -1.00 e. The van der Waals surface area contributed by atoms with Crippen LogP contribution in [0, 0.1) is 0 Å². The molecule has 0 unspecified atom stereocenters. The van der Waals surface area contributed by atoms with Crippen molar-refractivity contribution in [1.82, 2.24) is 0 Å². The van der Waals surface area contributed by atoms with Gasteiger partial charge in [-0.1, -0.05) is 22.9 Å². The van der Waals surface area contributed by atoms with E-state index < -0.39 is 0 Å². The monoisotopic (exact) mass is 352 g/mol. The van der Waals surface area contributed by atoms with Gasteiger partial charge in [-0.15, -0.1) is 0 Å². The maximum atomic E-state index is 12.1. The Bertz CT molecular complexity index is 578. The minimum absolute atomic E-state index is 0. The molecular weight excluding hydrogens is 343 g/mol. The molecule has 0 atom stereocenters. The second-order valence-corrected chi connectivity index (χ2v) is 3.72. The average molecular weight is 352 g/mol. The van der Waals surface area contributed by atoms with Gasteiger partial charge in [0.05, 0.1) is 11.1 Å². The summed E-state index contributed by atoms with van der Waals surface area (Å²) in [5.41, 5.74) is 0.905. The van der Waals surface area contributed by atoms with Crippen LogP contribution in [0.1, 0.15) is 20.7 Å². The molecule has 5 heteroatoms. The molecule has 3 rings (SSSR count). The lowest BCUT2D eigenvalue weighted by molar-refractivity contribution is -0.671. The summed E-state index contributed by atoms with van der Waals surface area (Å²) in [5, 5.41) is 1.13. The molecule has 1 aromatic carbocycles. The van der Waals surface area contributed by atoms with Gasteiger partial charge in [0.15, 0.2) is 0 Å². The number of fused-ring (bicyclic) bond motifs is 1. The highest BCUT2D eigenvalue weighted by molar-refractivity contribution is 6.29. The number of carbonyl (C=O) groups is 2. The summed E-state index contributed by atoms with van der Waals surface area (Å²) >= 11 is 0. The first-order valence-electron chi connectivity index (χ1n) is 5.23. The van der Waals surface area contributed by atoms with Crippen LogP contribution in [0.4, 0.5) is 0 Å². The summed E-state index contributed by atoms with van der Waals surface area (Å²) in [4.78, 5) is 24.2. The maximum Gasteiger partial charge on any atom is 0.319 e. The van der Waals surface area contributed by atoms with E-state index in [1.54, 1.807) is 48.8 Å². The number of hydrogen-bond donors (Lipinski definition) is 0. The van der Waals surface area contributed by atoms with E-state index in [-0.39, 0.29) is 35.8 Å². The lowest BCUT2D eigenvalue weighted by Crippen LogP contribution is -3.00. The first-order valence-corrected chi connectivity index (χ1v) is 5.23. The van der Waals surface area contributed by atoms with Crippen LogP contribution in [0.5, 0.6) is 0 Å². The summed E-state index contributed by atoms with van der Waals surface area (Å²) in [6, 6.07) is 12.2. The van der Waals surface area contributed by atoms with E-state index in [2.05, 4.69) is 0 Å². The zero-order valence-corrected chi connectivity index (χ0v) is 11.4. The average Bonchev–Trinajstić information content (AvgIpc) is 2.64. The molecule has 2 aromatic rings. The van der Waals surface area contributed by atoms with Gasteiger partial charge in [-0.25, -0.2) is 0 Å². The van der Waals surface area contributed by atoms with Gasteiger partial charge in [0.2, 0.25) is 12.4 Å². The van der Waals surface area contributed by atoms with Gasteiger partial charge < -0.3 is 24.0 Å². The molecule has 4 nitrogen and oxygen atoms in total. The van der Waals surface area contributed by atoms with Crippen LogP contribution in [-0.4, -0.2) is 11.8 Å². The highest BCUT2D eigenvalue weighted by atomic mass is 127. The van der Waals surface area contributed by atoms with Crippen molar-refractivity contribution < 1.29 is 38.2 Å². The number of nitrogens with zero attached hydrogens (tertiary/aromatic N) is 2. The molecule has 0 fully saturated rings. The molecule has 1 aliphatic heterocycles. The number of rotatable bonds is 1. The largest absolute Gasteiger partial charge is 1.00 e. The third-order valence-electron chi connectivity index (χ3n) is 2.70. The lowest BCUT2D eigenvalue weighted by Gasteiger charge is -2.04. The predicted octanol–water partition coefficient (Wildman–Crippen LogP) is -2.09. The van der Waals surface area contributed by atoms with Crippen LogP contribution in [0.15, 0.2) is 54.9 Å².